The smallest absolute Gasteiger partial charge is 0.197 e. The van der Waals surface area contributed by atoms with Crippen LogP contribution in [0, 0.1) is 5.82 Å². The van der Waals surface area contributed by atoms with E-state index in [1.54, 1.807) is 25.6 Å². The lowest BCUT2D eigenvalue weighted by Crippen LogP contribution is -2.05. The Labute approximate surface area is 157 Å². The van der Waals surface area contributed by atoms with Crippen LogP contribution in [0.3, 0.4) is 0 Å². The lowest BCUT2D eigenvalue weighted by molar-refractivity contribution is 0.410. The van der Waals surface area contributed by atoms with Crippen molar-refractivity contribution in [3.63, 3.8) is 0 Å². The van der Waals surface area contributed by atoms with Crippen LogP contribution in [-0.2, 0) is 0 Å². The highest BCUT2D eigenvalue weighted by Gasteiger charge is 2.43. The van der Waals surface area contributed by atoms with Gasteiger partial charge in [-0.15, -0.1) is 0 Å². The molecule has 3 aromatic rings. The van der Waals surface area contributed by atoms with Crippen LogP contribution in [0.15, 0.2) is 42.9 Å². The number of methoxy groups -OCH3 is 1. The fourth-order valence-electron chi connectivity index (χ4n) is 3.49. The molecule has 4 rings (SSSR count). The van der Waals surface area contributed by atoms with E-state index in [2.05, 4.69) is 28.8 Å². The molecule has 2 atom stereocenters. The molecular weight excluding hydrogens is 343 g/mol. The van der Waals surface area contributed by atoms with Crippen molar-refractivity contribution in [2.75, 3.05) is 7.11 Å². The summed E-state index contributed by atoms with van der Waals surface area (Å²) in [5, 5.41) is 0. The molecule has 6 heteroatoms. The first-order valence-electron chi connectivity index (χ1n) is 9.06. The summed E-state index contributed by atoms with van der Waals surface area (Å²) in [4.78, 5) is 17.7. The highest BCUT2D eigenvalue weighted by molar-refractivity contribution is 5.46. The number of nitrogens with zero attached hydrogens (tertiary/aromatic N) is 4. The Balaban J connectivity index is 1.65. The SMILES string of the molecule is COc1ccc(C2CC2c2cnc(-c3ncccn3)nc2C(C)C)c(F)c1. The van der Waals surface area contributed by atoms with E-state index in [1.165, 1.54) is 6.07 Å². The van der Waals surface area contributed by atoms with Gasteiger partial charge in [-0.05, 0) is 47.4 Å². The van der Waals surface area contributed by atoms with E-state index in [-0.39, 0.29) is 23.6 Å². The molecule has 0 spiro atoms. The number of aromatic nitrogens is 4. The van der Waals surface area contributed by atoms with Gasteiger partial charge in [-0.25, -0.2) is 24.3 Å². The summed E-state index contributed by atoms with van der Waals surface area (Å²) in [6.45, 7) is 4.21. The summed E-state index contributed by atoms with van der Waals surface area (Å²) in [6, 6.07) is 6.84. The van der Waals surface area contributed by atoms with Gasteiger partial charge in [0.15, 0.2) is 11.6 Å². The second-order valence-electron chi connectivity index (χ2n) is 7.10. The van der Waals surface area contributed by atoms with E-state index in [9.17, 15) is 4.39 Å². The van der Waals surface area contributed by atoms with Crippen LogP contribution < -0.4 is 4.74 Å². The van der Waals surface area contributed by atoms with Crippen molar-refractivity contribution >= 4 is 0 Å². The summed E-state index contributed by atoms with van der Waals surface area (Å²) in [6.07, 6.45) is 6.11. The maximum atomic E-state index is 14.4. The highest BCUT2D eigenvalue weighted by Crippen LogP contribution is 2.56. The van der Waals surface area contributed by atoms with Gasteiger partial charge in [0.05, 0.1) is 12.8 Å². The molecule has 5 nitrogen and oxygen atoms in total. The van der Waals surface area contributed by atoms with Crippen LogP contribution in [0.25, 0.3) is 11.6 Å². The molecule has 1 saturated carbocycles. The molecule has 0 aliphatic heterocycles. The minimum Gasteiger partial charge on any atom is -0.497 e. The zero-order valence-corrected chi connectivity index (χ0v) is 15.6. The minimum absolute atomic E-state index is 0.149. The molecule has 1 fully saturated rings. The molecule has 0 saturated heterocycles. The van der Waals surface area contributed by atoms with Crippen molar-refractivity contribution in [3.05, 3.63) is 65.5 Å². The third-order valence-corrected chi connectivity index (χ3v) is 4.96. The van der Waals surface area contributed by atoms with E-state index < -0.39 is 0 Å². The Hall–Kier alpha value is -2.89. The zero-order chi connectivity index (χ0) is 19.0. The predicted molar refractivity (Wildman–Crippen MR) is 100 cm³/mol. The zero-order valence-electron chi connectivity index (χ0n) is 15.6. The van der Waals surface area contributed by atoms with Crippen LogP contribution >= 0.6 is 0 Å². The molecule has 1 aromatic carbocycles. The van der Waals surface area contributed by atoms with Gasteiger partial charge in [-0.2, -0.15) is 0 Å². The topological polar surface area (TPSA) is 60.8 Å². The van der Waals surface area contributed by atoms with Crippen molar-refractivity contribution in [1.29, 1.82) is 0 Å². The highest BCUT2D eigenvalue weighted by atomic mass is 19.1. The standard InChI is InChI=1S/C21H21FN4O/c1-12(2)19-17(11-25-21(26-19)20-23-7-4-8-24-20)16-10-15(16)14-6-5-13(27-3)9-18(14)22/h4-9,11-12,15-16H,10H2,1-3H3. The van der Waals surface area contributed by atoms with Gasteiger partial charge < -0.3 is 4.74 Å². The number of rotatable bonds is 5. The summed E-state index contributed by atoms with van der Waals surface area (Å²) >= 11 is 0. The van der Waals surface area contributed by atoms with E-state index in [1.807, 2.05) is 18.3 Å². The molecule has 27 heavy (non-hydrogen) atoms. The molecule has 0 amide bonds. The maximum absolute atomic E-state index is 14.4. The van der Waals surface area contributed by atoms with Crippen LogP contribution in [0.5, 0.6) is 5.75 Å². The van der Waals surface area contributed by atoms with Crippen molar-refractivity contribution in [2.24, 2.45) is 0 Å². The van der Waals surface area contributed by atoms with Crippen LogP contribution in [0.2, 0.25) is 0 Å². The second-order valence-corrected chi connectivity index (χ2v) is 7.10. The van der Waals surface area contributed by atoms with E-state index in [0.717, 1.165) is 23.2 Å². The third kappa shape index (κ3) is 3.39. The number of hydrogen-bond acceptors (Lipinski definition) is 5. The third-order valence-electron chi connectivity index (χ3n) is 4.96. The molecule has 2 heterocycles. The molecule has 1 aliphatic carbocycles. The largest absolute Gasteiger partial charge is 0.497 e. The Morgan fingerprint density at radius 3 is 2.44 bits per heavy atom. The van der Waals surface area contributed by atoms with Crippen molar-refractivity contribution < 1.29 is 9.13 Å². The Morgan fingerprint density at radius 1 is 1.04 bits per heavy atom. The number of hydrogen-bond donors (Lipinski definition) is 0. The molecule has 0 radical (unpaired) electrons. The first-order chi connectivity index (χ1) is 13.1. The normalized spacial score (nSPS) is 18.6. The summed E-state index contributed by atoms with van der Waals surface area (Å²) < 4.78 is 19.5. The van der Waals surface area contributed by atoms with Gasteiger partial charge in [0.2, 0.25) is 0 Å². The Bertz CT molecular complexity index is 962. The Kier molecular flexibility index (Phi) is 4.56. The average molecular weight is 364 g/mol. The molecule has 1 aliphatic rings. The fourth-order valence-corrected chi connectivity index (χ4v) is 3.49. The van der Waals surface area contributed by atoms with Crippen LogP contribution in [-0.4, -0.2) is 27.0 Å². The maximum Gasteiger partial charge on any atom is 0.197 e. The van der Waals surface area contributed by atoms with Gasteiger partial charge >= 0.3 is 0 Å². The summed E-state index contributed by atoms with van der Waals surface area (Å²) in [7, 11) is 1.54. The lowest BCUT2D eigenvalue weighted by Gasteiger charge is -2.13. The first kappa shape index (κ1) is 17.5. The number of benzene rings is 1. The van der Waals surface area contributed by atoms with Gasteiger partial charge in [-0.1, -0.05) is 19.9 Å². The molecule has 2 aromatic heterocycles. The molecule has 2 unspecified atom stereocenters. The van der Waals surface area contributed by atoms with Gasteiger partial charge in [0, 0.05) is 24.7 Å². The van der Waals surface area contributed by atoms with E-state index >= 15 is 0 Å². The molecule has 0 bridgehead atoms. The van der Waals surface area contributed by atoms with Crippen molar-refractivity contribution in [1.82, 2.24) is 19.9 Å². The fraction of sp³-hybridized carbons (Fsp3) is 0.333. The van der Waals surface area contributed by atoms with Gasteiger partial charge in [0.1, 0.15) is 11.6 Å². The Morgan fingerprint density at radius 2 is 1.78 bits per heavy atom. The van der Waals surface area contributed by atoms with E-state index in [4.69, 9.17) is 9.72 Å². The second kappa shape index (κ2) is 7.02. The number of ether oxygens (including phenoxy) is 1. The summed E-state index contributed by atoms with van der Waals surface area (Å²) in [5.41, 5.74) is 2.80. The van der Waals surface area contributed by atoms with Crippen LogP contribution in [0.1, 0.15) is 54.8 Å². The van der Waals surface area contributed by atoms with Gasteiger partial charge in [-0.3, -0.25) is 0 Å². The lowest BCUT2D eigenvalue weighted by atomic mass is 9.98. The monoisotopic (exact) mass is 364 g/mol. The van der Waals surface area contributed by atoms with Crippen LogP contribution in [0.4, 0.5) is 4.39 Å². The summed E-state index contributed by atoms with van der Waals surface area (Å²) in [5.74, 6) is 1.96. The van der Waals surface area contributed by atoms with E-state index in [0.29, 0.717) is 17.4 Å². The predicted octanol–water partition coefficient (Wildman–Crippen LogP) is 4.48. The first-order valence-corrected chi connectivity index (χ1v) is 9.06. The van der Waals surface area contributed by atoms with Gasteiger partial charge in [0.25, 0.3) is 0 Å². The molecule has 0 N–H and O–H groups in total. The molecule has 138 valence electrons. The molecular formula is C21H21FN4O. The average Bonchev–Trinajstić information content (AvgIpc) is 3.48. The minimum atomic E-state index is -0.219. The quantitative estimate of drug-likeness (QED) is 0.668. The number of halogens is 1. The van der Waals surface area contributed by atoms with Crippen molar-refractivity contribution in [3.8, 4) is 17.4 Å². The van der Waals surface area contributed by atoms with Crippen molar-refractivity contribution in [2.45, 2.75) is 38.0 Å².